The molecule has 6 heteroatoms. The standard InChI is InChI=1S/C57H110O6/c1-7-52(5)44-38-32-26-22-18-14-10-12-16-20-24-28-36-42-48-57(60)63-54(50-62-56(59)47-41-35-30-29-33-39-45-53(6)8-2)49-61-55(58)46-40-34-27-23-19-15-11-9-13-17-21-25-31-37-43-51(3)4/h51-54H,7-50H2,1-6H3/t52?,53?,54-/m0/s1. The first-order chi connectivity index (χ1) is 30.7. The van der Waals surface area contributed by atoms with Gasteiger partial charge in [-0.15, -0.1) is 0 Å². The molecule has 0 saturated heterocycles. The molecule has 0 amide bonds. The fraction of sp³-hybridized carbons (Fsp3) is 0.947. The van der Waals surface area contributed by atoms with Crippen molar-refractivity contribution in [1.29, 1.82) is 0 Å². The van der Waals surface area contributed by atoms with Gasteiger partial charge in [-0.1, -0.05) is 273 Å². The Morgan fingerprint density at radius 1 is 0.317 bits per heavy atom. The summed E-state index contributed by atoms with van der Waals surface area (Å²) in [7, 11) is 0. The Hall–Kier alpha value is -1.59. The Kier molecular flexibility index (Phi) is 47.1. The van der Waals surface area contributed by atoms with Gasteiger partial charge in [0, 0.05) is 19.3 Å². The lowest BCUT2D eigenvalue weighted by molar-refractivity contribution is -0.167. The number of hydrogen-bond donors (Lipinski definition) is 0. The molecule has 0 bridgehead atoms. The predicted octanol–water partition coefficient (Wildman–Crippen LogP) is 18.3. The molecule has 63 heavy (non-hydrogen) atoms. The molecule has 374 valence electrons. The largest absolute Gasteiger partial charge is 0.462 e. The molecule has 0 aliphatic heterocycles. The molecule has 2 unspecified atom stereocenters. The van der Waals surface area contributed by atoms with Crippen molar-refractivity contribution in [3.63, 3.8) is 0 Å². The maximum absolute atomic E-state index is 12.8. The van der Waals surface area contributed by atoms with Gasteiger partial charge in [0.15, 0.2) is 6.10 Å². The van der Waals surface area contributed by atoms with E-state index in [1.807, 2.05) is 0 Å². The average Bonchev–Trinajstić information content (AvgIpc) is 3.27. The van der Waals surface area contributed by atoms with Gasteiger partial charge >= 0.3 is 17.9 Å². The van der Waals surface area contributed by atoms with E-state index in [2.05, 4.69) is 41.5 Å². The van der Waals surface area contributed by atoms with E-state index in [4.69, 9.17) is 14.2 Å². The Labute approximate surface area is 393 Å². The molecule has 0 aromatic heterocycles. The number of ether oxygens (including phenoxy) is 3. The van der Waals surface area contributed by atoms with Crippen LogP contribution in [-0.2, 0) is 28.6 Å². The summed E-state index contributed by atoms with van der Waals surface area (Å²) in [5.41, 5.74) is 0. The van der Waals surface area contributed by atoms with Crippen molar-refractivity contribution in [3.8, 4) is 0 Å². The van der Waals surface area contributed by atoms with Crippen molar-refractivity contribution in [2.45, 2.75) is 317 Å². The number of unbranched alkanes of at least 4 members (excludes halogenated alkanes) is 31. The third-order valence-electron chi connectivity index (χ3n) is 13.6. The van der Waals surface area contributed by atoms with Gasteiger partial charge in [-0.2, -0.15) is 0 Å². The number of carbonyl (C=O) groups is 3. The van der Waals surface area contributed by atoms with Crippen LogP contribution in [0.15, 0.2) is 0 Å². The molecule has 0 aromatic rings. The molecule has 3 atom stereocenters. The summed E-state index contributed by atoms with van der Waals surface area (Å²) in [6, 6.07) is 0. The zero-order valence-corrected chi connectivity index (χ0v) is 43.4. The molecule has 0 aliphatic carbocycles. The Bertz CT molecular complexity index is 980. The molecule has 0 rings (SSSR count). The van der Waals surface area contributed by atoms with Gasteiger partial charge in [-0.3, -0.25) is 14.4 Å². The van der Waals surface area contributed by atoms with Crippen LogP contribution in [0, 0.1) is 17.8 Å². The van der Waals surface area contributed by atoms with Gasteiger partial charge in [0.25, 0.3) is 0 Å². The fourth-order valence-corrected chi connectivity index (χ4v) is 8.58. The van der Waals surface area contributed by atoms with Gasteiger partial charge < -0.3 is 14.2 Å². The zero-order chi connectivity index (χ0) is 46.3. The Morgan fingerprint density at radius 2 is 0.556 bits per heavy atom. The molecule has 0 aliphatic rings. The summed E-state index contributed by atoms with van der Waals surface area (Å²) < 4.78 is 16.9. The van der Waals surface area contributed by atoms with Crippen LogP contribution >= 0.6 is 0 Å². The van der Waals surface area contributed by atoms with Gasteiger partial charge in [-0.25, -0.2) is 0 Å². The van der Waals surface area contributed by atoms with E-state index in [1.165, 1.54) is 193 Å². The molecule has 0 aromatic carbocycles. The van der Waals surface area contributed by atoms with E-state index in [-0.39, 0.29) is 31.1 Å². The summed E-state index contributed by atoms with van der Waals surface area (Å²) >= 11 is 0. The summed E-state index contributed by atoms with van der Waals surface area (Å²) in [5.74, 6) is 1.70. The SMILES string of the molecule is CCC(C)CCCCCCCCCCCCCCCCC(=O)O[C@@H](COC(=O)CCCCCCCCCCCCCCCCC(C)C)COC(=O)CCCCCCCCC(C)CC. The lowest BCUT2D eigenvalue weighted by Crippen LogP contribution is -2.30. The summed E-state index contributed by atoms with van der Waals surface area (Å²) in [6.45, 7) is 13.8. The van der Waals surface area contributed by atoms with Crippen LogP contribution in [-0.4, -0.2) is 37.2 Å². The lowest BCUT2D eigenvalue weighted by atomic mass is 9.99. The van der Waals surface area contributed by atoms with Gasteiger partial charge in [-0.05, 0) is 37.0 Å². The summed E-state index contributed by atoms with van der Waals surface area (Å²) in [6.07, 6.45) is 49.5. The third-order valence-corrected chi connectivity index (χ3v) is 13.6. The maximum atomic E-state index is 12.8. The number of esters is 3. The van der Waals surface area contributed by atoms with Crippen molar-refractivity contribution in [3.05, 3.63) is 0 Å². The predicted molar refractivity (Wildman–Crippen MR) is 270 cm³/mol. The van der Waals surface area contributed by atoms with Gasteiger partial charge in [0.1, 0.15) is 13.2 Å². The van der Waals surface area contributed by atoms with Crippen molar-refractivity contribution in [2.24, 2.45) is 17.8 Å². The first kappa shape index (κ1) is 61.4. The van der Waals surface area contributed by atoms with Crippen molar-refractivity contribution in [1.82, 2.24) is 0 Å². The van der Waals surface area contributed by atoms with Crippen LogP contribution in [0.1, 0.15) is 311 Å². The van der Waals surface area contributed by atoms with E-state index < -0.39 is 6.10 Å². The monoisotopic (exact) mass is 891 g/mol. The Morgan fingerprint density at radius 3 is 0.825 bits per heavy atom. The van der Waals surface area contributed by atoms with Gasteiger partial charge in [0.05, 0.1) is 0 Å². The lowest BCUT2D eigenvalue weighted by Gasteiger charge is -2.18. The highest BCUT2D eigenvalue weighted by atomic mass is 16.6. The van der Waals surface area contributed by atoms with Crippen LogP contribution in [0.3, 0.4) is 0 Å². The molecule has 0 radical (unpaired) electrons. The third kappa shape index (κ3) is 48.2. The zero-order valence-electron chi connectivity index (χ0n) is 43.4. The molecule has 0 fully saturated rings. The van der Waals surface area contributed by atoms with Crippen molar-refractivity contribution in [2.75, 3.05) is 13.2 Å². The highest BCUT2D eigenvalue weighted by Gasteiger charge is 2.19. The molecular weight excluding hydrogens is 781 g/mol. The second kappa shape index (κ2) is 48.3. The minimum atomic E-state index is -0.764. The van der Waals surface area contributed by atoms with Gasteiger partial charge in [0.2, 0.25) is 0 Å². The summed E-state index contributed by atoms with van der Waals surface area (Å²) in [5, 5.41) is 0. The Balaban J connectivity index is 4.27. The number of rotatable bonds is 50. The second-order valence-electron chi connectivity index (χ2n) is 20.5. The summed E-state index contributed by atoms with van der Waals surface area (Å²) in [4.78, 5) is 38.0. The topological polar surface area (TPSA) is 78.9 Å². The minimum absolute atomic E-state index is 0.0645. The van der Waals surface area contributed by atoms with E-state index in [9.17, 15) is 14.4 Å². The van der Waals surface area contributed by atoms with E-state index in [0.29, 0.717) is 19.3 Å². The van der Waals surface area contributed by atoms with Crippen LogP contribution in [0.5, 0.6) is 0 Å². The molecular formula is C57H110O6. The molecule has 6 nitrogen and oxygen atoms in total. The number of carbonyl (C=O) groups excluding carboxylic acids is 3. The van der Waals surface area contributed by atoms with Crippen molar-refractivity contribution >= 4 is 17.9 Å². The first-order valence-electron chi connectivity index (χ1n) is 28.2. The molecule has 0 spiro atoms. The van der Waals surface area contributed by atoms with Crippen LogP contribution in [0.2, 0.25) is 0 Å². The number of hydrogen-bond acceptors (Lipinski definition) is 6. The molecule has 0 N–H and O–H groups in total. The van der Waals surface area contributed by atoms with Crippen LogP contribution in [0.25, 0.3) is 0 Å². The quantitative estimate of drug-likeness (QED) is 0.0344. The first-order valence-corrected chi connectivity index (χ1v) is 28.2. The van der Waals surface area contributed by atoms with E-state index in [1.54, 1.807) is 0 Å². The normalized spacial score (nSPS) is 13.0. The average molecular weight is 892 g/mol. The highest BCUT2D eigenvalue weighted by Crippen LogP contribution is 2.19. The molecule has 0 heterocycles. The van der Waals surface area contributed by atoms with Crippen LogP contribution < -0.4 is 0 Å². The second-order valence-corrected chi connectivity index (χ2v) is 20.5. The fourth-order valence-electron chi connectivity index (χ4n) is 8.58. The smallest absolute Gasteiger partial charge is 0.306 e. The minimum Gasteiger partial charge on any atom is -0.462 e. The molecule has 0 saturated carbocycles. The van der Waals surface area contributed by atoms with Crippen molar-refractivity contribution < 1.29 is 28.6 Å². The highest BCUT2D eigenvalue weighted by molar-refractivity contribution is 5.71. The van der Waals surface area contributed by atoms with Crippen LogP contribution in [0.4, 0.5) is 0 Å². The van der Waals surface area contributed by atoms with E-state index >= 15 is 0 Å². The van der Waals surface area contributed by atoms with E-state index in [0.717, 1.165) is 75.5 Å². The maximum Gasteiger partial charge on any atom is 0.306 e.